The Hall–Kier alpha value is -0.890. The van der Waals surface area contributed by atoms with Crippen molar-refractivity contribution in [2.24, 2.45) is 16.3 Å². The van der Waals surface area contributed by atoms with Crippen molar-refractivity contribution in [3.05, 3.63) is 35.6 Å². The van der Waals surface area contributed by atoms with E-state index in [0.29, 0.717) is 30.0 Å². The van der Waals surface area contributed by atoms with Gasteiger partial charge in [0.05, 0.1) is 6.10 Å². The molecule has 0 bridgehead atoms. The lowest BCUT2D eigenvalue weighted by Crippen LogP contribution is -2.72. The Kier molecular flexibility index (Phi) is 5.34. The van der Waals surface area contributed by atoms with Gasteiger partial charge in [0.25, 0.3) is 0 Å². The number of ether oxygens (including phenoxy) is 1. The number of fused-ring (bicyclic) bond motifs is 2. The fourth-order valence-electron chi connectivity index (χ4n) is 4.63. The number of nitrogens with one attached hydrogen (secondary N) is 2. The van der Waals surface area contributed by atoms with Crippen LogP contribution in [0.4, 0.5) is 4.39 Å². The third-order valence-electron chi connectivity index (χ3n) is 5.90. The zero-order valence-corrected chi connectivity index (χ0v) is 16.3. The maximum Gasteiger partial charge on any atom is 0.191 e. The molecule has 1 aliphatic heterocycles. The molecule has 0 radical (unpaired) electrons. The van der Waals surface area contributed by atoms with Gasteiger partial charge >= 0.3 is 0 Å². The van der Waals surface area contributed by atoms with Crippen LogP contribution < -0.4 is 10.6 Å². The predicted octanol–water partition coefficient (Wildman–Crippen LogP) is 3.07. The van der Waals surface area contributed by atoms with Gasteiger partial charge in [-0.25, -0.2) is 4.39 Å². The molecule has 2 N–H and O–H groups in total. The van der Waals surface area contributed by atoms with E-state index in [0.717, 1.165) is 24.6 Å². The molecule has 1 aromatic carbocycles. The van der Waals surface area contributed by atoms with Crippen LogP contribution in [0, 0.1) is 17.2 Å². The fraction of sp³-hybridized carbons (Fsp3) is 0.611. The van der Waals surface area contributed by atoms with Gasteiger partial charge < -0.3 is 15.4 Å². The van der Waals surface area contributed by atoms with Crippen LogP contribution in [0.3, 0.4) is 0 Å². The molecular formula is C18H25FIN3O. The van der Waals surface area contributed by atoms with E-state index in [9.17, 15) is 4.39 Å². The molecule has 2 saturated carbocycles. The SMILES string of the molecule is CN=C(NCc1cccc(F)c1)NC1C2CCOC2C12CCC2.I. The van der Waals surface area contributed by atoms with Crippen molar-refractivity contribution in [1.82, 2.24) is 10.6 Å². The molecule has 1 heterocycles. The number of halogens is 2. The summed E-state index contributed by atoms with van der Waals surface area (Å²) < 4.78 is 19.2. The molecule has 1 saturated heterocycles. The minimum atomic E-state index is -0.203. The molecule has 0 amide bonds. The summed E-state index contributed by atoms with van der Waals surface area (Å²) >= 11 is 0. The van der Waals surface area contributed by atoms with Crippen molar-refractivity contribution >= 4 is 29.9 Å². The van der Waals surface area contributed by atoms with Gasteiger partial charge in [0.2, 0.25) is 0 Å². The number of hydrogen-bond donors (Lipinski definition) is 2. The van der Waals surface area contributed by atoms with Crippen LogP contribution in [0.1, 0.15) is 31.2 Å². The van der Waals surface area contributed by atoms with E-state index in [1.807, 2.05) is 6.07 Å². The van der Waals surface area contributed by atoms with Gasteiger partial charge in [-0.15, -0.1) is 24.0 Å². The zero-order chi connectivity index (χ0) is 15.9. The van der Waals surface area contributed by atoms with Gasteiger partial charge in [0.15, 0.2) is 5.96 Å². The van der Waals surface area contributed by atoms with E-state index < -0.39 is 0 Å². The molecule has 1 spiro atoms. The summed E-state index contributed by atoms with van der Waals surface area (Å²) in [5, 5.41) is 6.93. The van der Waals surface area contributed by atoms with E-state index in [1.54, 1.807) is 19.2 Å². The maximum absolute atomic E-state index is 13.3. The summed E-state index contributed by atoms with van der Waals surface area (Å²) in [5.41, 5.74) is 1.25. The van der Waals surface area contributed by atoms with Crippen LogP contribution in [0.2, 0.25) is 0 Å². The Labute approximate surface area is 159 Å². The van der Waals surface area contributed by atoms with Crippen LogP contribution in [-0.2, 0) is 11.3 Å². The van der Waals surface area contributed by atoms with Gasteiger partial charge in [0.1, 0.15) is 5.82 Å². The highest BCUT2D eigenvalue weighted by atomic mass is 127. The largest absolute Gasteiger partial charge is 0.377 e. The van der Waals surface area contributed by atoms with Gasteiger partial charge in [-0.1, -0.05) is 18.6 Å². The average molecular weight is 445 g/mol. The molecule has 2 aliphatic carbocycles. The second-order valence-electron chi connectivity index (χ2n) is 7.01. The lowest BCUT2D eigenvalue weighted by Gasteiger charge is -2.63. The minimum Gasteiger partial charge on any atom is -0.377 e. The fourth-order valence-corrected chi connectivity index (χ4v) is 4.63. The van der Waals surface area contributed by atoms with Crippen molar-refractivity contribution in [2.45, 2.75) is 44.4 Å². The predicted molar refractivity (Wildman–Crippen MR) is 103 cm³/mol. The van der Waals surface area contributed by atoms with Crippen molar-refractivity contribution in [1.29, 1.82) is 0 Å². The van der Waals surface area contributed by atoms with Crippen molar-refractivity contribution in [3.8, 4) is 0 Å². The standard InChI is InChI=1S/C18H24FN3O.HI/c1-20-17(21-11-12-4-2-5-13(19)10-12)22-15-14-6-9-23-16(14)18(15)7-3-8-18;/h2,4-5,10,14-16H,3,6-9,11H2,1H3,(H2,20,21,22);1H. The van der Waals surface area contributed by atoms with Gasteiger partial charge in [-0.05, 0) is 37.0 Å². The highest BCUT2D eigenvalue weighted by Crippen LogP contribution is 2.62. The van der Waals surface area contributed by atoms with Crippen LogP contribution in [-0.4, -0.2) is 31.8 Å². The molecular weight excluding hydrogens is 420 g/mol. The summed E-state index contributed by atoms with van der Waals surface area (Å²) in [4.78, 5) is 4.35. The van der Waals surface area contributed by atoms with E-state index >= 15 is 0 Å². The zero-order valence-electron chi connectivity index (χ0n) is 13.9. The third kappa shape index (κ3) is 2.92. The summed E-state index contributed by atoms with van der Waals surface area (Å²) in [5.74, 6) is 1.21. The summed E-state index contributed by atoms with van der Waals surface area (Å²) in [6.45, 7) is 1.46. The molecule has 6 heteroatoms. The highest BCUT2D eigenvalue weighted by Gasteiger charge is 2.66. The first-order valence-electron chi connectivity index (χ1n) is 8.56. The molecule has 3 atom stereocenters. The molecule has 4 nitrogen and oxygen atoms in total. The molecule has 0 aromatic heterocycles. The number of hydrogen-bond acceptors (Lipinski definition) is 2. The van der Waals surface area contributed by atoms with Crippen molar-refractivity contribution < 1.29 is 9.13 Å². The maximum atomic E-state index is 13.3. The molecule has 24 heavy (non-hydrogen) atoms. The number of nitrogens with zero attached hydrogens (tertiary/aromatic N) is 1. The van der Waals surface area contributed by atoms with Gasteiger partial charge in [-0.3, -0.25) is 4.99 Å². The van der Waals surface area contributed by atoms with E-state index in [4.69, 9.17) is 4.74 Å². The molecule has 132 valence electrons. The topological polar surface area (TPSA) is 45.7 Å². The van der Waals surface area contributed by atoms with Crippen LogP contribution in [0.25, 0.3) is 0 Å². The molecule has 3 aliphatic rings. The number of aliphatic imine (C=N–C) groups is 1. The number of rotatable bonds is 3. The number of guanidine groups is 1. The molecule has 1 aromatic rings. The Morgan fingerprint density at radius 2 is 2.25 bits per heavy atom. The summed E-state index contributed by atoms with van der Waals surface area (Å²) in [7, 11) is 1.79. The van der Waals surface area contributed by atoms with E-state index in [-0.39, 0.29) is 29.8 Å². The average Bonchev–Trinajstić information content (AvgIpc) is 2.91. The first kappa shape index (κ1) is 17.9. The lowest BCUT2D eigenvalue weighted by molar-refractivity contribution is -0.171. The van der Waals surface area contributed by atoms with Crippen LogP contribution >= 0.6 is 24.0 Å². The second kappa shape index (κ2) is 7.15. The quantitative estimate of drug-likeness (QED) is 0.427. The molecule has 3 fully saturated rings. The Morgan fingerprint density at radius 1 is 1.42 bits per heavy atom. The Balaban J connectivity index is 0.00000169. The van der Waals surface area contributed by atoms with Crippen LogP contribution in [0.5, 0.6) is 0 Å². The Morgan fingerprint density at radius 3 is 2.92 bits per heavy atom. The summed E-state index contributed by atoms with van der Waals surface area (Å²) in [6, 6.07) is 7.13. The third-order valence-corrected chi connectivity index (χ3v) is 5.90. The summed E-state index contributed by atoms with van der Waals surface area (Å²) in [6.07, 6.45) is 5.42. The molecule has 3 unspecified atom stereocenters. The smallest absolute Gasteiger partial charge is 0.191 e. The van der Waals surface area contributed by atoms with Gasteiger partial charge in [-0.2, -0.15) is 0 Å². The minimum absolute atomic E-state index is 0. The monoisotopic (exact) mass is 445 g/mol. The van der Waals surface area contributed by atoms with E-state index in [1.165, 1.54) is 25.3 Å². The first-order valence-corrected chi connectivity index (χ1v) is 8.56. The van der Waals surface area contributed by atoms with Crippen molar-refractivity contribution in [3.63, 3.8) is 0 Å². The van der Waals surface area contributed by atoms with Gasteiger partial charge in [0, 0.05) is 37.6 Å². The van der Waals surface area contributed by atoms with Crippen LogP contribution in [0.15, 0.2) is 29.3 Å². The molecule has 4 rings (SSSR count). The van der Waals surface area contributed by atoms with E-state index in [2.05, 4.69) is 15.6 Å². The normalized spacial score (nSPS) is 29.9. The highest BCUT2D eigenvalue weighted by molar-refractivity contribution is 14.0. The first-order chi connectivity index (χ1) is 11.2. The lowest BCUT2D eigenvalue weighted by atomic mass is 9.46. The number of benzene rings is 1. The van der Waals surface area contributed by atoms with Crippen molar-refractivity contribution in [2.75, 3.05) is 13.7 Å². The second-order valence-corrected chi connectivity index (χ2v) is 7.01. The Bertz CT molecular complexity index is 620.